The Morgan fingerprint density at radius 3 is 2.56 bits per heavy atom. The van der Waals surface area contributed by atoms with E-state index in [4.69, 9.17) is 0 Å². The van der Waals surface area contributed by atoms with Crippen molar-refractivity contribution in [1.29, 1.82) is 0 Å². The second-order valence-electron chi connectivity index (χ2n) is 6.32. The Labute approximate surface area is 158 Å². The number of hydrogen-bond acceptors (Lipinski definition) is 5. The maximum absolute atomic E-state index is 12.4. The zero-order chi connectivity index (χ0) is 19.0. The number of benzene rings is 1. The molecule has 0 aliphatic heterocycles. The summed E-state index contributed by atoms with van der Waals surface area (Å²) in [6.45, 7) is 1.88. The van der Waals surface area contributed by atoms with E-state index in [0.717, 1.165) is 34.4 Å². The van der Waals surface area contributed by atoms with Crippen LogP contribution in [0.1, 0.15) is 28.2 Å². The molecule has 0 bridgehead atoms. The fraction of sp³-hybridized carbons (Fsp3) is 0.222. The number of rotatable bonds is 3. The SMILES string of the molecule is Cc1nn(-c2ccccc2)c2sc(C(=O)NNC(=O)C(=O)NC3CC3)cc12. The summed E-state index contributed by atoms with van der Waals surface area (Å²) in [4.78, 5) is 36.9. The maximum Gasteiger partial charge on any atom is 0.327 e. The summed E-state index contributed by atoms with van der Waals surface area (Å²) in [5, 5.41) is 7.95. The van der Waals surface area contributed by atoms with Crippen LogP contribution in [0.15, 0.2) is 36.4 Å². The number of carbonyl (C=O) groups is 3. The van der Waals surface area contributed by atoms with Crippen molar-refractivity contribution >= 4 is 39.3 Å². The van der Waals surface area contributed by atoms with Gasteiger partial charge in [-0.1, -0.05) is 18.2 Å². The first-order chi connectivity index (χ1) is 13.0. The van der Waals surface area contributed by atoms with Gasteiger partial charge in [0.15, 0.2) is 0 Å². The molecule has 0 atom stereocenters. The summed E-state index contributed by atoms with van der Waals surface area (Å²) in [5.41, 5.74) is 6.13. The molecule has 0 saturated heterocycles. The topological polar surface area (TPSA) is 105 Å². The Kier molecular flexibility index (Phi) is 4.36. The summed E-state index contributed by atoms with van der Waals surface area (Å²) >= 11 is 1.26. The highest BCUT2D eigenvalue weighted by Gasteiger charge is 2.26. The molecule has 1 aromatic carbocycles. The molecule has 3 aromatic rings. The molecule has 3 amide bonds. The second kappa shape index (κ2) is 6.84. The molecule has 1 fully saturated rings. The van der Waals surface area contributed by atoms with Crippen molar-refractivity contribution in [1.82, 2.24) is 25.9 Å². The molecule has 9 heteroatoms. The second-order valence-corrected chi connectivity index (χ2v) is 7.35. The lowest BCUT2D eigenvalue weighted by Gasteiger charge is -2.06. The van der Waals surface area contributed by atoms with Crippen molar-refractivity contribution in [3.8, 4) is 5.69 Å². The van der Waals surface area contributed by atoms with Gasteiger partial charge in [-0.2, -0.15) is 5.10 Å². The zero-order valence-electron chi connectivity index (χ0n) is 14.5. The number of amides is 3. The van der Waals surface area contributed by atoms with Gasteiger partial charge in [0.2, 0.25) is 0 Å². The molecule has 138 valence electrons. The van der Waals surface area contributed by atoms with Crippen LogP contribution in [0.4, 0.5) is 0 Å². The summed E-state index contributed by atoms with van der Waals surface area (Å²) in [6.07, 6.45) is 1.76. The fourth-order valence-electron chi connectivity index (χ4n) is 2.61. The van der Waals surface area contributed by atoms with Gasteiger partial charge in [-0.3, -0.25) is 25.2 Å². The van der Waals surface area contributed by atoms with E-state index >= 15 is 0 Å². The number of hydrazine groups is 1. The Morgan fingerprint density at radius 2 is 1.85 bits per heavy atom. The van der Waals surface area contributed by atoms with Crippen molar-refractivity contribution in [2.45, 2.75) is 25.8 Å². The molecule has 1 saturated carbocycles. The highest BCUT2D eigenvalue weighted by atomic mass is 32.1. The van der Waals surface area contributed by atoms with Gasteiger partial charge in [0.25, 0.3) is 5.91 Å². The highest BCUT2D eigenvalue weighted by Crippen LogP contribution is 2.30. The Morgan fingerprint density at radius 1 is 1.11 bits per heavy atom. The lowest BCUT2D eigenvalue weighted by Crippen LogP contribution is -2.48. The summed E-state index contributed by atoms with van der Waals surface area (Å²) < 4.78 is 1.79. The van der Waals surface area contributed by atoms with Gasteiger partial charge >= 0.3 is 11.8 Å². The largest absolute Gasteiger partial charge is 0.345 e. The molecule has 1 aliphatic rings. The van der Waals surface area contributed by atoms with Crippen molar-refractivity contribution in [2.75, 3.05) is 0 Å². The molecule has 2 heterocycles. The highest BCUT2D eigenvalue weighted by molar-refractivity contribution is 7.20. The molecular formula is C18H17N5O3S. The third-order valence-electron chi connectivity index (χ3n) is 4.18. The quantitative estimate of drug-likeness (QED) is 0.470. The number of hydrogen-bond donors (Lipinski definition) is 3. The summed E-state index contributed by atoms with van der Waals surface area (Å²) in [6, 6.07) is 11.4. The van der Waals surface area contributed by atoms with Crippen LogP contribution in [0.3, 0.4) is 0 Å². The number of thiophene rings is 1. The molecule has 0 radical (unpaired) electrons. The van der Waals surface area contributed by atoms with E-state index < -0.39 is 17.7 Å². The van der Waals surface area contributed by atoms with Gasteiger partial charge in [0.05, 0.1) is 16.3 Å². The number of nitrogens with zero attached hydrogens (tertiary/aromatic N) is 2. The monoisotopic (exact) mass is 383 g/mol. The predicted octanol–water partition coefficient (Wildman–Crippen LogP) is 1.44. The molecule has 0 unspecified atom stereocenters. The van der Waals surface area contributed by atoms with Gasteiger partial charge in [-0.25, -0.2) is 4.68 Å². The van der Waals surface area contributed by atoms with E-state index in [9.17, 15) is 14.4 Å². The Hall–Kier alpha value is -3.20. The maximum atomic E-state index is 12.4. The average Bonchev–Trinajstić information content (AvgIpc) is 3.28. The minimum atomic E-state index is -0.886. The molecule has 0 spiro atoms. The van der Waals surface area contributed by atoms with Crippen LogP contribution in [0.25, 0.3) is 15.9 Å². The first kappa shape index (κ1) is 17.2. The van der Waals surface area contributed by atoms with E-state index in [1.165, 1.54) is 11.3 Å². The molecule has 3 N–H and O–H groups in total. The molecule has 1 aliphatic carbocycles. The lowest BCUT2D eigenvalue weighted by molar-refractivity contribution is -0.139. The standard InChI is InChI=1S/C18H17N5O3S/c1-10-13-9-14(15(24)20-21-17(26)16(25)19-11-7-8-11)27-18(13)23(22-10)12-5-3-2-4-6-12/h2-6,9,11H,7-8H2,1H3,(H,19,25)(H,20,24)(H,21,26). The van der Waals surface area contributed by atoms with Crippen LogP contribution < -0.4 is 16.2 Å². The molecule has 27 heavy (non-hydrogen) atoms. The molecule has 2 aromatic heterocycles. The van der Waals surface area contributed by atoms with Crippen LogP contribution in [-0.2, 0) is 9.59 Å². The predicted molar refractivity (Wildman–Crippen MR) is 100 cm³/mol. The van der Waals surface area contributed by atoms with Gasteiger partial charge in [-0.05, 0) is 38.0 Å². The van der Waals surface area contributed by atoms with Crippen molar-refractivity contribution in [3.05, 3.63) is 47.0 Å². The van der Waals surface area contributed by atoms with E-state index in [1.54, 1.807) is 10.7 Å². The van der Waals surface area contributed by atoms with E-state index in [2.05, 4.69) is 21.3 Å². The van der Waals surface area contributed by atoms with Crippen LogP contribution in [-0.4, -0.2) is 33.5 Å². The van der Waals surface area contributed by atoms with Gasteiger partial charge in [0, 0.05) is 11.4 Å². The lowest BCUT2D eigenvalue weighted by atomic mass is 10.3. The van der Waals surface area contributed by atoms with Gasteiger partial charge in [0.1, 0.15) is 4.83 Å². The molecular weight excluding hydrogens is 366 g/mol. The van der Waals surface area contributed by atoms with E-state index in [0.29, 0.717) is 4.88 Å². The molecule has 4 rings (SSSR count). The number of para-hydroxylation sites is 1. The average molecular weight is 383 g/mol. The van der Waals surface area contributed by atoms with Crippen molar-refractivity contribution in [3.63, 3.8) is 0 Å². The summed E-state index contributed by atoms with van der Waals surface area (Å²) in [7, 11) is 0. The number of aromatic nitrogens is 2. The van der Waals surface area contributed by atoms with Crippen LogP contribution >= 0.6 is 11.3 Å². The summed E-state index contributed by atoms with van der Waals surface area (Å²) in [5.74, 6) is -2.12. The first-order valence-electron chi connectivity index (χ1n) is 8.48. The van der Waals surface area contributed by atoms with Gasteiger partial charge in [-0.15, -0.1) is 11.3 Å². The van der Waals surface area contributed by atoms with Crippen LogP contribution in [0.2, 0.25) is 0 Å². The smallest absolute Gasteiger partial charge is 0.327 e. The molecule has 8 nitrogen and oxygen atoms in total. The van der Waals surface area contributed by atoms with Crippen molar-refractivity contribution < 1.29 is 14.4 Å². The zero-order valence-corrected chi connectivity index (χ0v) is 15.3. The minimum absolute atomic E-state index is 0.0745. The Bertz CT molecular complexity index is 1040. The van der Waals surface area contributed by atoms with Crippen molar-refractivity contribution in [2.24, 2.45) is 0 Å². The normalized spacial score (nSPS) is 13.4. The number of carbonyl (C=O) groups excluding carboxylic acids is 3. The van der Waals surface area contributed by atoms with Crippen LogP contribution in [0.5, 0.6) is 0 Å². The number of aryl methyl sites for hydroxylation is 1. The van der Waals surface area contributed by atoms with Crippen LogP contribution in [0, 0.1) is 6.92 Å². The van der Waals surface area contributed by atoms with Gasteiger partial charge < -0.3 is 5.32 Å². The fourth-order valence-corrected chi connectivity index (χ4v) is 3.69. The minimum Gasteiger partial charge on any atom is -0.345 e. The third kappa shape index (κ3) is 3.54. The number of fused-ring (bicyclic) bond motifs is 1. The number of nitrogens with one attached hydrogen (secondary N) is 3. The Balaban J connectivity index is 1.49. The van der Waals surface area contributed by atoms with E-state index in [1.807, 2.05) is 37.3 Å². The van der Waals surface area contributed by atoms with E-state index in [-0.39, 0.29) is 6.04 Å². The third-order valence-corrected chi connectivity index (χ3v) is 5.29. The first-order valence-corrected chi connectivity index (χ1v) is 9.30.